The molecule has 0 aromatic carbocycles. The van der Waals surface area contributed by atoms with Crippen molar-refractivity contribution in [2.75, 3.05) is 13.2 Å². The SMILES string of the molecule is CCCCCCCC/C=C/CC/C=C/CC/C=C/C(O)C(COC1OC(CO)C(O)C(O)C1O)NC(=O)CCCCCCCCCCCCCCCC. The quantitative estimate of drug-likeness (QED) is 0.0279. The molecule has 53 heavy (non-hydrogen) atoms. The molecule has 6 N–H and O–H groups in total. The average molecular weight is 752 g/mol. The Morgan fingerprint density at radius 2 is 1.08 bits per heavy atom. The second kappa shape index (κ2) is 34.9. The van der Waals surface area contributed by atoms with Crippen LogP contribution in [0.2, 0.25) is 0 Å². The minimum absolute atomic E-state index is 0.192. The average Bonchev–Trinajstić information content (AvgIpc) is 3.16. The number of unbranched alkanes of at least 4 members (excludes halogenated alkanes) is 21. The van der Waals surface area contributed by atoms with Gasteiger partial charge in [0.1, 0.15) is 24.4 Å². The maximum Gasteiger partial charge on any atom is 0.220 e. The number of hydrogen-bond acceptors (Lipinski definition) is 8. The van der Waals surface area contributed by atoms with E-state index in [0.29, 0.717) is 6.42 Å². The Bertz CT molecular complexity index is 925. The van der Waals surface area contributed by atoms with Crippen LogP contribution in [0.4, 0.5) is 0 Å². The van der Waals surface area contributed by atoms with E-state index in [1.165, 1.54) is 109 Å². The number of nitrogens with one attached hydrogen (secondary N) is 1. The van der Waals surface area contributed by atoms with E-state index in [0.717, 1.165) is 51.4 Å². The summed E-state index contributed by atoms with van der Waals surface area (Å²) in [6, 6.07) is -0.823. The first-order valence-electron chi connectivity index (χ1n) is 21.7. The normalized spacial score (nSPS) is 22.0. The third kappa shape index (κ3) is 26.0. The fourth-order valence-electron chi connectivity index (χ4n) is 6.66. The van der Waals surface area contributed by atoms with Crippen molar-refractivity contribution >= 4 is 5.91 Å². The Labute approximate surface area is 323 Å². The van der Waals surface area contributed by atoms with Gasteiger partial charge in [-0.25, -0.2) is 0 Å². The first-order chi connectivity index (χ1) is 25.8. The molecule has 0 spiro atoms. The molecule has 1 heterocycles. The summed E-state index contributed by atoms with van der Waals surface area (Å²) in [5, 5.41) is 54.0. The lowest BCUT2D eigenvalue weighted by molar-refractivity contribution is -0.302. The summed E-state index contributed by atoms with van der Waals surface area (Å²) < 4.78 is 11.2. The van der Waals surface area contributed by atoms with Gasteiger partial charge in [0.15, 0.2) is 6.29 Å². The summed E-state index contributed by atoms with van der Waals surface area (Å²) in [6.07, 6.45) is 34.7. The highest BCUT2D eigenvalue weighted by atomic mass is 16.7. The lowest BCUT2D eigenvalue weighted by Crippen LogP contribution is -2.60. The molecule has 1 rings (SSSR count). The van der Waals surface area contributed by atoms with Gasteiger partial charge >= 0.3 is 0 Å². The van der Waals surface area contributed by atoms with Crippen LogP contribution < -0.4 is 5.32 Å². The molecule has 9 nitrogen and oxygen atoms in total. The zero-order valence-electron chi connectivity index (χ0n) is 33.8. The maximum atomic E-state index is 12.9. The molecule has 7 unspecified atom stereocenters. The van der Waals surface area contributed by atoms with E-state index < -0.39 is 49.5 Å². The van der Waals surface area contributed by atoms with Crippen LogP contribution in [0.15, 0.2) is 36.5 Å². The third-order valence-corrected chi connectivity index (χ3v) is 10.2. The Hall–Kier alpha value is -1.59. The van der Waals surface area contributed by atoms with E-state index in [2.05, 4.69) is 43.5 Å². The van der Waals surface area contributed by atoms with E-state index in [-0.39, 0.29) is 12.5 Å². The highest BCUT2D eigenvalue weighted by Gasteiger charge is 2.44. The highest BCUT2D eigenvalue weighted by molar-refractivity contribution is 5.76. The number of ether oxygens (including phenoxy) is 2. The second-order valence-electron chi connectivity index (χ2n) is 15.1. The van der Waals surface area contributed by atoms with Gasteiger partial charge in [0.05, 0.1) is 25.4 Å². The van der Waals surface area contributed by atoms with E-state index in [4.69, 9.17) is 9.47 Å². The zero-order valence-corrected chi connectivity index (χ0v) is 33.8. The zero-order chi connectivity index (χ0) is 38.8. The summed E-state index contributed by atoms with van der Waals surface area (Å²) in [4.78, 5) is 12.9. The Balaban J connectivity index is 2.44. The molecule has 1 fully saturated rings. The molecule has 0 saturated carbocycles. The number of carbonyl (C=O) groups excluding carboxylic acids is 1. The number of hydrogen-bond donors (Lipinski definition) is 6. The van der Waals surface area contributed by atoms with Crippen molar-refractivity contribution in [3.8, 4) is 0 Å². The van der Waals surface area contributed by atoms with Crippen LogP contribution in [0, 0.1) is 0 Å². The summed E-state index contributed by atoms with van der Waals surface area (Å²) in [6.45, 7) is 3.73. The molecular formula is C44H81NO8. The first-order valence-corrected chi connectivity index (χ1v) is 21.7. The monoisotopic (exact) mass is 752 g/mol. The van der Waals surface area contributed by atoms with Crippen molar-refractivity contribution in [1.82, 2.24) is 5.32 Å². The number of carbonyl (C=O) groups is 1. The van der Waals surface area contributed by atoms with E-state index in [9.17, 15) is 30.3 Å². The third-order valence-electron chi connectivity index (χ3n) is 10.2. The topological polar surface area (TPSA) is 149 Å². The summed E-state index contributed by atoms with van der Waals surface area (Å²) in [7, 11) is 0. The molecule has 310 valence electrons. The summed E-state index contributed by atoms with van der Waals surface area (Å²) in [5.41, 5.74) is 0. The van der Waals surface area contributed by atoms with Crippen LogP contribution in [-0.2, 0) is 14.3 Å². The summed E-state index contributed by atoms with van der Waals surface area (Å²) >= 11 is 0. The Morgan fingerprint density at radius 1 is 0.623 bits per heavy atom. The van der Waals surface area contributed by atoms with Crippen LogP contribution in [-0.4, -0.2) is 87.5 Å². The van der Waals surface area contributed by atoms with Crippen molar-refractivity contribution in [3.05, 3.63) is 36.5 Å². The standard InChI is InChI=1S/C44H81NO8/c1-3-5-7-9-11-13-15-17-19-20-21-23-25-27-29-31-33-38(47)37(36-52-44-43(51)42(50)41(49)39(35-46)53-44)45-40(48)34-32-30-28-26-24-22-18-16-14-12-10-8-6-4-2/h17,19,23,25,31,33,37-39,41-44,46-47,49-51H,3-16,18,20-22,24,26-30,32,34-36H2,1-2H3,(H,45,48)/b19-17+,25-23+,33-31+. The van der Waals surface area contributed by atoms with Crippen molar-refractivity contribution in [2.24, 2.45) is 0 Å². The van der Waals surface area contributed by atoms with E-state index in [1.54, 1.807) is 6.08 Å². The van der Waals surface area contributed by atoms with Crippen LogP contribution in [0.5, 0.6) is 0 Å². The van der Waals surface area contributed by atoms with Gasteiger partial charge in [0.25, 0.3) is 0 Å². The molecular weight excluding hydrogens is 670 g/mol. The predicted molar refractivity (Wildman–Crippen MR) is 216 cm³/mol. The fourth-order valence-corrected chi connectivity index (χ4v) is 6.66. The molecule has 7 atom stereocenters. The molecule has 9 heteroatoms. The molecule has 1 aliphatic heterocycles. The van der Waals surface area contributed by atoms with Gasteiger partial charge < -0.3 is 40.3 Å². The number of amides is 1. The maximum absolute atomic E-state index is 12.9. The minimum Gasteiger partial charge on any atom is -0.394 e. The minimum atomic E-state index is -1.57. The summed E-state index contributed by atoms with van der Waals surface area (Å²) in [5.74, 6) is -0.192. The lowest BCUT2D eigenvalue weighted by atomic mass is 9.99. The first kappa shape index (κ1) is 49.4. The van der Waals surface area contributed by atoms with Gasteiger partial charge in [-0.15, -0.1) is 0 Å². The van der Waals surface area contributed by atoms with E-state index >= 15 is 0 Å². The van der Waals surface area contributed by atoms with Crippen LogP contribution in [0.1, 0.15) is 181 Å². The molecule has 0 radical (unpaired) electrons. The smallest absolute Gasteiger partial charge is 0.220 e. The molecule has 0 bridgehead atoms. The fraction of sp³-hybridized carbons (Fsp3) is 0.841. The molecule has 0 aromatic rings. The molecule has 0 aromatic heterocycles. The number of aliphatic hydroxyl groups excluding tert-OH is 5. The largest absolute Gasteiger partial charge is 0.394 e. The number of allylic oxidation sites excluding steroid dienone is 5. The number of rotatable bonds is 35. The highest BCUT2D eigenvalue weighted by Crippen LogP contribution is 2.22. The van der Waals surface area contributed by atoms with Crippen LogP contribution in [0.25, 0.3) is 0 Å². The van der Waals surface area contributed by atoms with Gasteiger partial charge in [0, 0.05) is 6.42 Å². The Kier molecular flexibility index (Phi) is 32.5. The molecule has 1 saturated heterocycles. The van der Waals surface area contributed by atoms with Crippen LogP contribution >= 0.6 is 0 Å². The van der Waals surface area contributed by atoms with Gasteiger partial charge in [-0.3, -0.25) is 4.79 Å². The van der Waals surface area contributed by atoms with Gasteiger partial charge in [-0.05, 0) is 44.9 Å². The van der Waals surface area contributed by atoms with Gasteiger partial charge in [-0.2, -0.15) is 0 Å². The number of aliphatic hydroxyl groups is 5. The second-order valence-corrected chi connectivity index (χ2v) is 15.1. The van der Waals surface area contributed by atoms with Gasteiger partial charge in [0.2, 0.25) is 5.91 Å². The molecule has 0 aliphatic carbocycles. The van der Waals surface area contributed by atoms with Crippen LogP contribution in [0.3, 0.4) is 0 Å². The van der Waals surface area contributed by atoms with Gasteiger partial charge in [-0.1, -0.05) is 166 Å². The van der Waals surface area contributed by atoms with Crippen molar-refractivity contribution in [3.63, 3.8) is 0 Å². The van der Waals surface area contributed by atoms with E-state index in [1.807, 2.05) is 6.08 Å². The Morgan fingerprint density at radius 3 is 1.58 bits per heavy atom. The molecule has 1 aliphatic rings. The van der Waals surface area contributed by atoms with Crippen molar-refractivity contribution in [2.45, 2.75) is 224 Å². The van der Waals surface area contributed by atoms with Crippen molar-refractivity contribution < 1.29 is 39.8 Å². The lowest BCUT2D eigenvalue weighted by Gasteiger charge is -2.40. The molecule has 1 amide bonds. The predicted octanol–water partition coefficient (Wildman–Crippen LogP) is 8.50. The van der Waals surface area contributed by atoms with Crippen molar-refractivity contribution in [1.29, 1.82) is 0 Å².